The zero-order chi connectivity index (χ0) is 14.8. The molecule has 1 heterocycles. The van der Waals surface area contributed by atoms with Gasteiger partial charge in [-0.2, -0.15) is 13.2 Å². The van der Waals surface area contributed by atoms with E-state index in [1.165, 1.54) is 35.4 Å². The molecule has 0 atom stereocenters. The fourth-order valence-corrected chi connectivity index (χ4v) is 1.73. The maximum Gasteiger partial charge on any atom is 0.418 e. The number of nitrogens with one attached hydrogen (secondary N) is 1. The van der Waals surface area contributed by atoms with Gasteiger partial charge >= 0.3 is 6.18 Å². The molecule has 20 heavy (non-hydrogen) atoms. The summed E-state index contributed by atoms with van der Waals surface area (Å²) < 4.78 is 40.1. The van der Waals surface area contributed by atoms with Crippen LogP contribution in [0.25, 0.3) is 5.69 Å². The van der Waals surface area contributed by atoms with Gasteiger partial charge in [-0.15, -0.1) is 11.6 Å². The van der Waals surface area contributed by atoms with Gasteiger partial charge in [-0.25, -0.2) is 4.98 Å². The number of halogens is 4. The first-order valence-electron chi connectivity index (χ1n) is 5.47. The number of aromatic nitrogens is 2. The highest BCUT2D eigenvalue weighted by atomic mass is 35.5. The quantitative estimate of drug-likeness (QED) is 0.886. The number of anilines is 1. The minimum atomic E-state index is -4.51. The number of carbonyl (C=O) groups excluding carboxylic acids is 1. The lowest BCUT2D eigenvalue weighted by molar-refractivity contribution is -0.137. The van der Waals surface area contributed by atoms with E-state index in [0.717, 1.165) is 6.07 Å². The van der Waals surface area contributed by atoms with Crippen LogP contribution in [0.4, 0.5) is 18.9 Å². The summed E-state index contributed by atoms with van der Waals surface area (Å²) in [6.45, 7) is 0. The van der Waals surface area contributed by atoms with Crippen LogP contribution < -0.4 is 5.32 Å². The van der Waals surface area contributed by atoms with Gasteiger partial charge in [-0.1, -0.05) is 0 Å². The predicted molar refractivity (Wildman–Crippen MR) is 67.9 cm³/mol. The Labute approximate surface area is 117 Å². The zero-order valence-electron chi connectivity index (χ0n) is 9.99. The molecule has 4 nitrogen and oxygen atoms in total. The average Bonchev–Trinajstić information content (AvgIpc) is 2.91. The summed E-state index contributed by atoms with van der Waals surface area (Å²) in [4.78, 5) is 14.9. The number of benzene rings is 1. The highest BCUT2D eigenvalue weighted by molar-refractivity contribution is 6.29. The number of imidazole rings is 1. The lowest BCUT2D eigenvalue weighted by Crippen LogP contribution is -2.15. The van der Waals surface area contributed by atoms with E-state index in [1.807, 2.05) is 0 Å². The normalized spacial score (nSPS) is 11.4. The first-order valence-corrected chi connectivity index (χ1v) is 6.00. The minimum absolute atomic E-state index is 0.123. The molecule has 0 spiro atoms. The number of nitrogens with zero attached hydrogens (tertiary/aromatic N) is 2. The van der Waals surface area contributed by atoms with Gasteiger partial charge < -0.3 is 9.88 Å². The highest BCUT2D eigenvalue weighted by Gasteiger charge is 2.34. The Balaban J connectivity index is 2.48. The van der Waals surface area contributed by atoms with Crippen LogP contribution >= 0.6 is 11.6 Å². The van der Waals surface area contributed by atoms with Crippen molar-refractivity contribution in [3.63, 3.8) is 0 Å². The zero-order valence-corrected chi connectivity index (χ0v) is 10.7. The van der Waals surface area contributed by atoms with Gasteiger partial charge in [0.1, 0.15) is 5.88 Å². The van der Waals surface area contributed by atoms with E-state index in [-0.39, 0.29) is 17.3 Å². The van der Waals surface area contributed by atoms with Gasteiger partial charge in [0.15, 0.2) is 0 Å². The minimum Gasteiger partial charge on any atom is -0.325 e. The summed E-state index contributed by atoms with van der Waals surface area (Å²) in [6, 6.07) is 3.29. The molecular formula is C12H9ClF3N3O. The Hall–Kier alpha value is -2.02. The number of rotatable bonds is 3. The molecule has 2 aromatic rings. The van der Waals surface area contributed by atoms with Crippen molar-refractivity contribution in [3.05, 3.63) is 42.5 Å². The number of hydrogen-bond donors (Lipinski definition) is 1. The number of alkyl halides is 4. The summed E-state index contributed by atoms with van der Waals surface area (Å²) in [5, 5.41) is 2.40. The molecule has 8 heteroatoms. The first kappa shape index (κ1) is 14.4. The van der Waals surface area contributed by atoms with Crippen LogP contribution in [0.5, 0.6) is 0 Å². The number of carbonyl (C=O) groups is 1. The van der Waals surface area contributed by atoms with Crippen molar-refractivity contribution in [2.24, 2.45) is 0 Å². The van der Waals surface area contributed by atoms with Gasteiger partial charge in [0.05, 0.1) is 17.6 Å². The largest absolute Gasteiger partial charge is 0.418 e. The van der Waals surface area contributed by atoms with E-state index < -0.39 is 17.6 Å². The maximum atomic E-state index is 13.0. The second kappa shape index (κ2) is 5.54. The molecule has 1 aromatic heterocycles. The molecule has 1 aromatic carbocycles. The first-order chi connectivity index (χ1) is 9.41. The van der Waals surface area contributed by atoms with Crippen LogP contribution in [-0.2, 0) is 11.0 Å². The van der Waals surface area contributed by atoms with Crippen molar-refractivity contribution in [1.82, 2.24) is 9.55 Å². The van der Waals surface area contributed by atoms with Crippen LogP contribution in [0.1, 0.15) is 5.56 Å². The van der Waals surface area contributed by atoms with Gasteiger partial charge in [0.25, 0.3) is 0 Å². The van der Waals surface area contributed by atoms with E-state index in [0.29, 0.717) is 0 Å². The Morgan fingerprint density at radius 2 is 2.15 bits per heavy atom. The Morgan fingerprint density at radius 3 is 2.70 bits per heavy atom. The van der Waals surface area contributed by atoms with Crippen molar-refractivity contribution in [2.75, 3.05) is 11.2 Å². The summed E-state index contributed by atoms with van der Waals surface area (Å²) in [6.07, 6.45) is -0.506. The number of hydrogen-bond acceptors (Lipinski definition) is 2. The molecule has 0 aliphatic rings. The lowest BCUT2D eigenvalue weighted by atomic mass is 10.1. The van der Waals surface area contributed by atoms with Crippen LogP contribution in [0.2, 0.25) is 0 Å². The Bertz CT molecular complexity index is 611. The van der Waals surface area contributed by atoms with E-state index in [1.54, 1.807) is 0 Å². The molecule has 0 bridgehead atoms. The predicted octanol–water partition coefficient (Wildman–Crippen LogP) is 3.07. The molecule has 0 saturated heterocycles. The molecule has 0 radical (unpaired) electrons. The second-order valence-corrected chi connectivity index (χ2v) is 4.15. The van der Waals surface area contributed by atoms with Gasteiger partial charge in [-0.3, -0.25) is 4.79 Å². The molecule has 0 unspecified atom stereocenters. The van der Waals surface area contributed by atoms with Crippen molar-refractivity contribution < 1.29 is 18.0 Å². The van der Waals surface area contributed by atoms with Gasteiger partial charge in [0, 0.05) is 18.1 Å². The van der Waals surface area contributed by atoms with Crippen molar-refractivity contribution in [3.8, 4) is 5.69 Å². The molecule has 0 fully saturated rings. The third-order valence-electron chi connectivity index (χ3n) is 2.49. The Morgan fingerprint density at radius 1 is 1.40 bits per heavy atom. The van der Waals surface area contributed by atoms with E-state index in [4.69, 9.17) is 11.6 Å². The van der Waals surface area contributed by atoms with E-state index in [2.05, 4.69) is 10.3 Å². The lowest BCUT2D eigenvalue weighted by Gasteiger charge is -2.15. The molecule has 0 aliphatic heterocycles. The maximum absolute atomic E-state index is 13.0. The topological polar surface area (TPSA) is 46.9 Å². The van der Waals surface area contributed by atoms with E-state index in [9.17, 15) is 18.0 Å². The molecule has 1 N–H and O–H groups in total. The molecular weight excluding hydrogens is 295 g/mol. The van der Waals surface area contributed by atoms with Gasteiger partial charge in [-0.05, 0) is 18.2 Å². The smallest absolute Gasteiger partial charge is 0.325 e. The van der Waals surface area contributed by atoms with Crippen molar-refractivity contribution in [1.29, 1.82) is 0 Å². The van der Waals surface area contributed by atoms with Crippen LogP contribution in [0.3, 0.4) is 0 Å². The monoisotopic (exact) mass is 303 g/mol. The molecule has 106 valence electrons. The third-order valence-corrected chi connectivity index (χ3v) is 2.73. The highest BCUT2D eigenvalue weighted by Crippen LogP contribution is 2.35. The van der Waals surface area contributed by atoms with Gasteiger partial charge in [0.2, 0.25) is 5.91 Å². The molecule has 1 amide bonds. The van der Waals surface area contributed by atoms with Crippen molar-refractivity contribution >= 4 is 23.2 Å². The molecule has 0 saturated carbocycles. The van der Waals surface area contributed by atoms with E-state index >= 15 is 0 Å². The molecule has 2 rings (SSSR count). The fraction of sp³-hybridized carbons (Fsp3) is 0.167. The van der Waals surface area contributed by atoms with Crippen LogP contribution in [-0.4, -0.2) is 21.3 Å². The standard InChI is InChI=1S/C12H9ClF3N3O/c13-6-11(20)18-8-1-2-9(12(14,15)16)10(5-8)19-4-3-17-7-19/h1-5,7H,6H2,(H,18,20). The fourth-order valence-electron chi connectivity index (χ4n) is 1.66. The SMILES string of the molecule is O=C(CCl)Nc1ccc(C(F)(F)F)c(-n2ccnc2)c1. The summed E-state index contributed by atoms with van der Waals surface area (Å²) in [5.41, 5.74) is -0.714. The van der Waals surface area contributed by atoms with Crippen LogP contribution in [0.15, 0.2) is 36.9 Å². The summed E-state index contributed by atoms with van der Waals surface area (Å²) >= 11 is 5.34. The summed E-state index contributed by atoms with van der Waals surface area (Å²) in [5.74, 6) is -0.774. The third kappa shape index (κ3) is 3.11. The average molecular weight is 304 g/mol. The van der Waals surface area contributed by atoms with Crippen molar-refractivity contribution in [2.45, 2.75) is 6.18 Å². The Kier molecular flexibility index (Phi) is 3.99. The number of amides is 1. The molecule has 0 aliphatic carbocycles. The van der Waals surface area contributed by atoms with Crippen LogP contribution in [0, 0.1) is 0 Å². The second-order valence-electron chi connectivity index (χ2n) is 3.88. The summed E-state index contributed by atoms with van der Waals surface area (Å²) in [7, 11) is 0.